The summed E-state index contributed by atoms with van der Waals surface area (Å²) in [5, 5.41) is 8.80. The van der Waals surface area contributed by atoms with Gasteiger partial charge < -0.3 is 4.74 Å². The number of benzene rings is 2. The van der Waals surface area contributed by atoms with Crippen LogP contribution in [0.5, 0.6) is 5.75 Å². The lowest BCUT2D eigenvalue weighted by molar-refractivity contribution is -0.139. The molecule has 0 aliphatic rings. The minimum atomic E-state index is -4.62. The topological polar surface area (TPSA) is 33.0 Å². The van der Waals surface area contributed by atoms with Gasteiger partial charge in [-0.3, -0.25) is 0 Å². The summed E-state index contributed by atoms with van der Waals surface area (Å²) < 4.78 is 44.3. The molecule has 0 aliphatic carbocycles. The van der Waals surface area contributed by atoms with Gasteiger partial charge in [-0.05, 0) is 17.7 Å². The van der Waals surface area contributed by atoms with Crippen LogP contribution in [0.25, 0.3) is 0 Å². The first-order chi connectivity index (χ1) is 10.0. The van der Waals surface area contributed by atoms with Crippen molar-refractivity contribution >= 4 is 0 Å². The largest absolute Gasteiger partial charge is 0.493 e. The predicted octanol–water partition coefficient (Wildman–Crippen LogP) is 4.20. The first-order valence-corrected chi connectivity index (χ1v) is 6.29. The van der Waals surface area contributed by atoms with Crippen LogP contribution in [0.3, 0.4) is 0 Å². The molecule has 0 spiro atoms. The van der Waals surface area contributed by atoms with Crippen LogP contribution in [0, 0.1) is 11.3 Å². The molecule has 0 atom stereocenters. The number of hydrogen-bond donors (Lipinski definition) is 0. The van der Waals surface area contributed by atoms with Crippen molar-refractivity contribution in [2.45, 2.75) is 12.6 Å². The Bertz CT molecular complexity index is 645. The summed E-state index contributed by atoms with van der Waals surface area (Å²) in [5.74, 6) is -0.308. The van der Waals surface area contributed by atoms with E-state index >= 15 is 0 Å². The van der Waals surface area contributed by atoms with E-state index in [2.05, 4.69) is 0 Å². The zero-order chi connectivity index (χ0) is 15.3. The molecule has 0 unspecified atom stereocenters. The van der Waals surface area contributed by atoms with Crippen LogP contribution in [-0.2, 0) is 12.6 Å². The maximum Gasteiger partial charge on any atom is 0.421 e. The Morgan fingerprint density at radius 2 is 1.71 bits per heavy atom. The van der Waals surface area contributed by atoms with Crippen LogP contribution in [-0.4, -0.2) is 6.61 Å². The van der Waals surface area contributed by atoms with Gasteiger partial charge in [0.05, 0.1) is 18.2 Å². The van der Waals surface area contributed by atoms with Gasteiger partial charge in [0.2, 0.25) is 0 Å². The van der Waals surface area contributed by atoms with Crippen molar-refractivity contribution in [3.8, 4) is 11.8 Å². The van der Waals surface area contributed by atoms with Crippen LogP contribution in [0.15, 0.2) is 48.5 Å². The summed E-state index contributed by atoms with van der Waals surface area (Å²) in [7, 11) is 0. The maximum atomic E-state index is 13.0. The molecule has 2 aromatic carbocycles. The highest BCUT2D eigenvalue weighted by Crippen LogP contribution is 2.38. The minimum Gasteiger partial charge on any atom is -0.493 e. The van der Waals surface area contributed by atoms with E-state index < -0.39 is 17.3 Å². The van der Waals surface area contributed by atoms with Gasteiger partial charge in [0.15, 0.2) is 0 Å². The summed E-state index contributed by atoms with van der Waals surface area (Å²) in [6.45, 7) is 0.113. The molecular weight excluding hydrogens is 279 g/mol. The van der Waals surface area contributed by atoms with Gasteiger partial charge in [0.1, 0.15) is 11.3 Å². The fourth-order valence-corrected chi connectivity index (χ4v) is 1.96. The average molecular weight is 291 g/mol. The summed E-state index contributed by atoms with van der Waals surface area (Å²) in [4.78, 5) is 0. The van der Waals surface area contributed by atoms with E-state index in [4.69, 9.17) is 10.00 Å². The van der Waals surface area contributed by atoms with Crippen molar-refractivity contribution < 1.29 is 17.9 Å². The number of rotatable bonds is 4. The molecule has 0 amide bonds. The third kappa shape index (κ3) is 3.76. The SMILES string of the molecule is N#Cc1cccc(OCCc2ccccc2)c1C(F)(F)F. The lowest BCUT2D eigenvalue weighted by Crippen LogP contribution is -2.12. The molecule has 0 heterocycles. The van der Waals surface area contributed by atoms with Crippen molar-refractivity contribution in [3.05, 3.63) is 65.2 Å². The molecule has 0 aromatic heterocycles. The number of halogens is 3. The van der Waals surface area contributed by atoms with Crippen LogP contribution in [0.1, 0.15) is 16.7 Å². The fraction of sp³-hybridized carbons (Fsp3) is 0.188. The lowest BCUT2D eigenvalue weighted by Gasteiger charge is -2.15. The van der Waals surface area contributed by atoms with E-state index in [0.29, 0.717) is 6.42 Å². The number of nitrogens with zero attached hydrogens (tertiary/aromatic N) is 1. The Hall–Kier alpha value is -2.48. The van der Waals surface area contributed by atoms with Crippen LogP contribution < -0.4 is 4.74 Å². The number of ether oxygens (including phenoxy) is 1. The molecule has 0 N–H and O–H groups in total. The van der Waals surface area contributed by atoms with Crippen molar-refractivity contribution in [1.29, 1.82) is 5.26 Å². The van der Waals surface area contributed by atoms with E-state index in [1.165, 1.54) is 12.1 Å². The van der Waals surface area contributed by atoms with E-state index in [0.717, 1.165) is 11.6 Å². The molecule has 5 heteroatoms. The summed E-state index contributed by atoms with van der Waals surface area (Å²) in [5.41, 5.74) is -0.470. The molecule has 0 bridgehead atoms. The standard InChI is InChI=1S/C16H12F3NO/c17-16(18,19)15-13(11-20)7-4-8-14(15)21-10-9-12-5-2-1-3-6-12/h1-8H,9-10H2. The third-order valence-electron chi connectivity index (χ3n) is 2.92. The molecule has 0 saturated heterocycles. The van der Waals surface area contributed by atoms with Gasteiger partial charge in [0.25, 0.3) is 0 Å². The summed E-state index contributed by atoms with van der Waals surface area (Å²) in [6.07, 6.45) is -4.12. The van der Waals surface area contributed by atoms with Gasteiger partial charge in [-0.15, -0.1) is 0 Å². The number of alkyl halides is 3. The maximum absolute atomic E-state index is 13.0. The Labute approximate surface area is 120 Å². The fourth-order valence-electron chi connectivity index (χ4n) is 1.96. The molecule has 0 radical (unpaired) electrons. The predicted molar refractivity (Wildman–Crippen MR) is 71.8 cm³/mol. The second kappa shape index (κ2) is 6.31. The smallest absolute Gasteiger partial charge is 0.421 e. The highest BCUT2D eigenvalue weighted by atomic mass is 19.4. The van der Waals surface area contributed by atoms with Crippen LogP contribution in [0.4, 0.5) is 13.2 Å². The zero-order valence-corrected chi connectivity index (χ0v) is 11.0. The Morgan fingerprint density at radius 3 is 2.33 bits per heavy atom. The van der Waals surface area contributed by atoms with Crippen molar-refractivity contribution in [2.24, 2.45) is 0 Å². The normalized spacial score (nSPS) is 11.0. The Morgan fingerprint density at radius 1 is 1.00 bits per heavy atom. The van der Waals surface area contributed by atoms with Gasteiger partial charge >= 0.3 is 6.18 Å². The Balaban J connectivity index is 2.15. The van der Waals surface area contributed by atoms with Gasteiger partial charge in [0, 0.05) is 6.42 Å². The minimum absolute atomic E-state index is 0.113. The van der Waals surface area contributed by atoms with Gasteiger partial charge in [-0.2, -0.15) is 18.4 Å². The van der Waals surface area contributed by atoms with Crippen molar-refractivity contribution in [3.63, 3.8) is 0 Å². The lowest BCUT2D eigenvalue weighted by atomic mass is 10.1. The second-order valence-corrected chi connectivity index (χ2v) is 4.37. The van der Waals surface area contributed by atoms with Crippen molar-refractivity contribution in [1.82, 2.24) is 0 Å². The number of nitriles is 1. The average Bonchev–Trinajstić information content (AvgIpc) is 2.47. The molecule has 2 aromatic rings. The summed E-state index contributed by atoms with van der Waals surface area (Å²) >= 11 is 0. The Kier molecular flexibility index (Phi) is 4.49. The number of hydrogen-bond acceptors (Lipinski definition) is 2. The van der Waals surface area contributed by atoms with E-state index in [1.807, 2.05) is 30.3 Å². The van der Waals surface area contributed by atoms with Gasteiger partial charge in [-0.1, -0.05) is 36.4 Å². The van der Waals surface area contributed by atoms with Crippen LogP contribution in [0.2, 0.25) is 0 Å². The molecule has 0 aliphatic heterocycles. The molecular formula is C16H12F3NO. The monoisotopic (exact) mass is 291 g/mol. The van der Waals surface area contributed by atoms with E-state index in [1.54, 1.807) is 6.07 Å². The van der Waals surface area contributed by atoms with E-state index in [9.17, 15) is 13.2 Å². The molecule has 2 nitrogen and oxygen atoms in total. The quantitative estimate of drug-likeness (QED) is 0.845. The molecule has 0 fully saturated rings. The van der Waals surface area contributed by atoms with Crippen LogP contribution >= 0.6 is 0 Å². The second-order valence-electron chi connectivity index (χ2n) is 4.37. The molecule has 0 saturated carbocycles. The first-order valence-electron chi connectivity index (χ1n) is 6.29. The zero-order valence-electron chi connectivity index (χ0n) is 11.0. The highest BCUT2D eigenvalue weighted by molar-refractivity contribution is 5.48. The third-order valence-corrected chi connectivity index (χ3v) is 2.92. The highest BCUT2D eigenvalue weighted by Gasteiger charge is 2.37. The first kappa shape index (κ1) is 14.9. The van der Waals surface area contributed by atoms with Crippen molar-refractivity contribution in [2.75, 3.05) is 6.61 Å². The molecule has 2 rings (SSSR count). The molecule has 21 heavy (non-hydrogen) atoms. The van der Waals surface area contributed by atoms with E-state index in [-0.39, 0.29) is 12.4 Å². The van der Waals surface area contributed by atoms with Gasteiger partial charge in [-0.25, -0.2) is 0 Å². The molecule has 108 valence electrons. The summed E-state index contributed by atoms with van der Waals surface area (Å²) in [6, 6.07) is 14.6.